The Labute approximate surface area is 106 Å². The Morgan fingerprint density at radius 2 is 2.17 bits per heavy atom. The second kappa shape index (κ2) is 6.57. The monoisotopic (exact) mass is 248 g/mol. The van der Waals surface area contributed by atoms with Gasteiger partial charge in [0.2, 0.25) is 0 Å². The molecule has 0 aromatic carbocycles. The van der Waals surface area contributed by atoms with Crippen LogP contribution in [0.5, 0.6) is 0 Å². The first-order valence-corrected chi connectivity index (χ1v) is 5.50. The molecule has 1 aromatic rings. The fourth-order valence-electron chi connectivity index (χ4n) is 1.40. The van der Waals surface area contributed by atoms with Crippen LogP contribution in [0.3, 0.4) is 0 Å². The van der Waals surface area contributed by atoms with Crippen molar-refractivity contribution in [3.63, 3.8) is 0 Å². The Balaban J connectivity index is 2.80. The third kappa shape index (κ3) is 4.39. The number of carboxylic acids is 1. The number of aromatic nitrogens is 1. The zero-order valence-electron chi connectivity index (χ0n) is 10.5. The van der Waals surface area contributed by atoms with Gasteiger partial charge in [0, 0.05) is 19.3 Å². The molecule has 1 N–H and O–H groups in total. The summed E-state index contributed by atoms with van der Waals surface area (Å²) in [5, 5.41) is 17.6. The van der Waals surface area contributed by atoms with Gasteiger partial charge in [0.05, 0.1) is 5.56 Å². The van der Waals surface area contributed by atoms with Gasteiger partial charge in [-0.25, -0.2) is 4.98 Å². The Kier molecular flexibility index (Phi) is 5.08. The molecule has 0 fully saturated rings. The molecule has 1 heterocycles. The van der Waals surface area contributed by atoms with Gasteiger partial charge in [-0.15, -0.1) is 0 Å². The van der Waals surface area contributed by atoms with Crippen LogP contribution >= 0.6 is 0 Å². The number of aliphatic carboxylic acids is 1. The molecule has 0 bridgehead atoms. The van der Waals surface area contributed by atoms with Crippen LogP contribution in [0.1, 0.15) is 5.56 Å². The summed E-state index contributed by atoms with van der Waals surface area (Å²) >= 11 is 0. The van der Waals surface area contributed by atoms with Crippen LogP contribution in [0.4, 0.5) is 5.82 Å². The van der Waals surface area contributed by atoms with Gasteiger partial charge in [-0.05, 0) is 26.2 Å². The molecular formula is C12H16N4O2. The Hall–Kier alpha value is -2.13. The maximum Gasteiger partial charge on any atom is 0.323 e. The van der Waals surface area contributed by atoms with Gasteiger partial charge in [0.25, 0.3) is 0 Å². The molecule has 18 heavy (non-hydrogen) atoms. The lowest BCUT2D eigenvalue weighted by Gasteiger charge is -2.23. The molecular weight excluding hydrogens is 232 g/mol. The van der Waals surface area contributed by atoms with Crippen molar-refractivity contribution in [2.45, 2.75) is 0 Å². The molecule has 96 valence electrons. The highest BCUT2D eigenvalue weighted by Gasteiger charge is 2.12. The molecule has 6 heteroatoms. The SMILES string of the molecule is CN(C)CCN(CC(=O)O)c1ccc(C#N)cn1. The average molecular weight is 248 g/mol. The second-order valence-corrected chi connectivity index (χ2v) is 4.14. The van der Waals surface area contributed by atoms with E-state index in [1.807, 2.05) is 25.1 Å². The minimum absolute atomic E-state index is 0.104. The van der Waals surface area contributed by atoms with E-state index in [9.17, 15) is 4.79 Å². The van der Waals surface area contributed by atoms with Crippen molar-refractivity contribution in [1.82, 2.24) is 9.88 Å². The van der Waals surface area contributed by atoms with Crippen LogP contribution in [0.15, 0.2) is 18.3 Å². The predicted molar refractivity (Wildman–Crippen MR) is 67.4 cm³/mol. The van der Waals surface area contributed by atoms with Gasteiger partial charge in [-0.3, -0.25) is 4.79 Å². The number of nitrogens with zero attached hydrogens (tertiary/aromatic N) is 4. The summed E-state index contributed by atoms with van der Waals surface area (Å²) < 4.78 is 0. The fourth-order valence-corrected chi connectivity index (χ4v) is 1.40. The van der Waals surface area contributed by atoms with Crippen molar-refractivity contribution in [2.24, 2.45) is 0 Å². The van der Waals surface area contributed by atoms with Crippen LogP contribution in [0, 0.1) is 11.3 Å². The molecule has 0 atom stereocenters. The van der Waals surface area contributed by atoms with Crippen molar-refractivity contribution >= 4 is 11.8 Å². The third-order valence-corrected chi connectivity index (χ3v) is 2.34. The van der Waals surface area contributed by atoms with Crippen LogP contribution in [-0.2, 0) is 4.79 Å². The molecule has 0 spiro atoms. The lowest BCUT2D eigenvalue weighted by atomic mass is 10.3. The molecule has 0 saturated carbocycles. The standard InChI is InChI=1S/C12H16N4O2/c1-15(2)5-6-16(9-12(17)18)11-4-3-10(7-13)8-14-11/h3-4,8H,5-6,9H2,1-2H3,(H,17,18). The summed E-state index contributed by atoms with van der Waals surface area (Å²) in [6.45, 7) is 1.19. The van der Waals surface area contributed by atoms with Crippen molar-refractivity contribution in [3.05, 3.63) is 23.9 Å². The van der Waals surface area contributed by atoms with Crippen molar-refractivity contribution < 1.29 is 9.90 Å². The van der Waals surface area contributed by atoms with Gasteiger partial charge >= 0.3 is 5.97 Å². The maximum atomic E-state index is 10.8. The molecule has 0 aliphatic rings. The summed E-state index contributed by atoms with van der Waals surface area (Å²) in [6, 6.07) is 5.27. The molecule has 0 aliphatic carbocycles. The number of anilines is 1. The topological polar surface area (TPSA) is 80.5 Å². The number of carbonyl (C=O) groups is 1. The molecule has 1 rings (SSSR count). The van der Waals surface area contributed by atoms with Crippen LogP contribution in [0.2, 0.25) is 0 Å². The van der Waals surface area contributed by atoms with Gasteiger partial charge in [0.1, 0.15) is 18.4 Å². The lowest BCUT2D eigenvalue weighted by Crippen LogP contribution is -2.36. The minimum Gasteiger partial charge on any atom is -0.480 e. The third-order valence-electron chi connectivity index (χ3n) is 2.34. The normalized spacial score (nSPS) is 10.1. The first-order valence-electron chi connectivity index (χ1n) is 5.50. The highest BCUT2D eigenvalue weighted by atomic mass is 16.4. The van der Waals surface area contributed by atoms with E-state index >= 15 is 0 Å². The minimum atomic E-state index is -0.903. The van der Waals surface area contributed by atoms with E-state index in [1.54, 1.807) is 17.0 Å². The van der Waals surface area contributed by atoms with E-state index in [4.69, 9.17) is 10.4 Å². The molecule has 0 aliphatic heterocycles. The maximum absolute atomic E-state index is 10.8. The van der Waals surface area contributed by atoms with E-state index < -0.39 is 5.97 Å². The number of hydrogen-bond acceptors (Lipinski definition) is 5. The smallest absolute Gasteiger partial charge is 0.323 e. The van der Waals surface area contributed by atoms with Gasteiger partial charge in [-0.2, -0.15) is 5.26 Å². The van der Waals surface area contributed by atoms with Crippen molar-refractivity contribution in [1.29, 1.82) is 5.26 Å². The molecule has 0 unspecified atom stereocenters. The average Bonchev–Trinajstić information content (AvgIpc) is 2.34. The summed E-state index contributed by atoms with van der Waals surface area (Å²) in [6.07, 6.45) is 1.44. The van der Waals surface area contributed by atoms with E-state index in [0.717, 1.165) is 6.54 Å². The van der Waals surface area contributed by atoms with Crippen LogP contribution in [0.25, 0.3) is 0 Å². The molecule has 0 amide bonds. The number of nitriles is 1. The van der Waals surface area contributed by atoms with E-state index in [0.29, 0.717) is 17.9 Å². The first-order chi connectivity index (χ1) is 8.52. The number of hydrogen-bond donors (Lipinski definition) is 1. The number of rotatable bonds is 6. The summed E-state index contributed by atoms with van der Waals surface area (Å²) in [5.74, 6) is -0.335. The second-order valence-electron chi connectivity index (χ2n) is 4.14. The highest BCUT2D eigenvalue weighted by Crippen LogP contribution is 2.10. The molecule has 6 nitrogen and oxygen atoms in total. The quantitative estimate of drug-likeness (QED) is 0.785. The Morgan fingerprint density at radius 1 is 1.44 bits per heavy atom. The van der Waals surface area contributed by atoms with Crippen molar-refractivity contribution in [2.75, 3.05) is 38.6 Å². The molecule has 0 saturated heterocycles. The number of pyridine rings is 1. The predicted octanol–water partition coefficient (Wildman–Crippen LogP) is 0.406. The summed E-state index contributed by atoms with van der Waals surface area (Å²) in [5.41, 5.74) is 0.460. The highest BCUT2D eigenvalue weighted by molar-refractivity contribution is 5.73. The van der Waals surface area contributed by atoms with Gasteiger partial charge in [0.15, 0.2) is 0 Å². The van der Waals surface area contributed by atoms with Crippen LogP contribution in [-0.4, -0.2) is 54.7 Å². The zero-order chi connectivity index (χ0) is 13.5. The van der Waals surface area contributed by atoms with Gasteiger partial charge < -0.3 is 14.9 Å². The molecule has 1 aromatic heterocycles. The first kappa shape index (κ1) is 13.9. The van der Waals surface area contributed by atoms with E-state index in [1.165, 1.54) is 6.20 Å². The van der Waals surface area contributed by atoms with E-state index in [2.05, 4.69) is 4.98 Å². The van der Waals surface area contributed by atoms with E-state index in [-0.39, 0.29) is 6.54 Å². The Bertz CT molecular complexity index is 436. The Morgan fingerprint density at radius 3 is 2.61 bits per heavy atom. The zero-order valence-corrected chi connectivity index (χ0v) is 10.5. The van der Waals surface area contributed by atoms with Crippen molar-refractivity contribution in [3.8, 4) is 6.07 Å². The van der Waals surface area contributed by atoms with Gasteiger partial charge in [-0.1, -0.05) is 0 Å². The lowest BCUT2D eigenvalue weighted by molar-refractivity contribution is -0.135. The number of likely N-dealkylation sites (N-methyl/N-ethyl adjacent to an activating group) is 1. The van der Waals surface area contributed by atoms with Crippen LogP contribution < -0.4 is 4.90 Å². The molecule has 0 radical (unpaired) electrons. The number of carboxylic acid groups (broad SMARTS) is 1. The fraction of sp³-hybridized carbons (Fsp3) is 0.417. The summed E-state index contributed by atoms with van der Waals surface area (Å²) in [7, 11) is 3.84. The summed E-state index contributed by atoms with van der Waals surface area (Å²) in [4.78, 5) is 18.6. The largest absolute Gasteiger partial charge is 0.480 e.